The minimum Gasteiger partial charge on any atom is -0.497 e. The number of amides is 1. The van der Waals surface area contributed by atoms with Crippen LogP contribution in [0.15, 0.2) is 53.6 Å². The van der Waals surface area contributed by atoms with Gasteiger partial charge in [-0.2, -0.15) is 10.5 Å². The minimum atomic E-state index is -1.39. The SMILES string of the molecule is COc1cccc(-c2ccc(NC(=O)C3=C(C(=O)O)C(c4nn[nH]n4)CC3C#N)c(F)c2)c1. The lowest BCUT2D eigenvalue weighted by atomic mass is 9.99. The number of aromatic nitrogens is 4. The third-order valence-corrected chi connectivity index (χ3v) is 5.38. The van der Waals surface area contributed by atoms with Crippen LogP contribution in [0.5, 0.6) is 5.75 Å². The predicted molar refractivity (Wildman–Crippen MR) is 112 cm³/mol. The number of nitrogens with zero attached hydrogens (tertiary/aromatic N) is 4. The van der Waals surface area contributed by atoms with Gasteiger partial charge in [-0.1, -0.05) is 23.4 Å². The van der Waals surface area contributed by atoms with Crippen LogP contribution >= 0.6 is 0 Å². The van der Waals surface area contributed by atoms with Crippen LogP contribution in [0.2, 0.25) is 0 Å². The molecule has 1 amide bonds. The third-order valence-electron chi connectivity index (χ3n) is 5.38. The van der Waals surface area contributed by atoms with Gasteiger partial charge in [0.25, 0.3) is 5.91 Å². The molecule has 2 atom stereocenters. The van der Waals surface area contributed by atoms with Crippen molar-refractivity contribution < 1.29 is 23.8 Å². The molecule has 4 rings (SSSR count). The van der Waals surface area contributed by atoms with Crippen molar-refractivity contribution >= 4 is 17.6 Å². The highest BCUT2D eigenvalue weighted by atomic mass is 19.1. The van der Waals surface area contributed by atoms with Crippen LogP contribution in [0, 0.1) is 23.1 Å². The summed E-state index contributed by atoms with van der Waals surface area (Å²) in [7, 11) is 1.53. The minimum absolute atomic E-state index is 0.00230. The summed E-state index contributed by atoms with van der Waals surface area (Å²) in [5.74, 6) is -4.24. The number of H-pyrrole nitrogens is 1. The van der Waals surface area contributed by atoms with Crippen molar-refractivity contribution in [3.05, 3.63) is 65.3 Å². The third kappa shape index (κ3) is 4.14. The van der Waals surface area contributed by atoms with Gasteiger partial charge in [0.2, 0.25) is 0 Å². The summed E-state index contributed by atoms with van der Waals surface area (Å²) in [5, 5.41) is 34.9. The van der Waals surface area contributed by atoms with Gasteiger partial charge < -0.3 is 15.2 Å². The van der Waals surface area contributed by atoms with Crippen molar-refractivity contribution in [3.63, 3.8) is 0 Å². The molecule has 10 nitrogen and oxygen atoms in total. The lowest BCUT2D eigenvalue weighted by Crippen LogP contribution is -2.21. The van der Waals surface area contributed by atoms with E-state index in [4.69, 9.17) is 4.74 Å². The van der Waals surface area contributed by atoms with Gasteiger partial charge in [-0.05, 0) is 41.8 Å². The van der Waals surface area contributed by atoms with Gasteiger partial charge in [-0.25, -0.2) is 9.18 Å². The highest BCUT2D eigenvalue weighted by molar-refractivity contribution is 6.10. The fourth-order valence-corrected chi connectivity index (χ4v) is 3.85. The number of benzene rings is 2. The maximum Gasteiger partial charge on any atom is 0.332 e. The lowest BCUT2D eigenvalue weighted by Gasteiger charge is -2.12. The van der Waals surface area contributed by atoms with Crippen molar-refractivity contribution in [2.75, 3.05) is 12.4 Å². The number of aromatic amines is 1. The average Bonchev–Trinajstić information content (AvgIpc) is 3.48. The second-order valence-corrected chi connectivity index (χ2v) is 7.25. The molecule has 3 N–H and O–H groups in total. The van der Waals surface area contributed by atoms with Crippen molar-refractivity contribution in [2.45, 2.75) is 12.3 Å². The van der Waals surface area contributed by atoms with Gasteiger partial charge in [0, 0.05) is 5.57 Å². The van der Waals surface area contributed by atoms with Crippen LogP contribution in [0.4, 0.5) is 10.1 Å². The van der Waals surface area contributed by atoms with Gasteiger partial charge in [0.05, 0.1) is 36.3 Å². The number of carbonyl (C=O) groups is 2. The molecule has 0 radical (unpaired) electrons. The van der Waals surface area contributed by atoms with E-state index in [0.29, 0.717) is 16.9 Å². The summed E-state index contributed by atoms with van der Waals surface area (Å²) in [6.45, 7) is 0. The Labute approximate surface area is 186 Å². The van der Waals surface area contributed by atoms with Crippen molar-refractivity contribution in [1.29, 1.82) is 5.26 Å². The van der Waals surface area contributed by atoms with Gasteiger partial charge in [0.1, 0.15) is 11.6 Å². The number of tetrazole rings is 1. The number of nitriles is 1. The van der Waals surface area contributed by atoms with Crippen LogP contribution in [0.25, 0.3) is 11.1 Å². The number of anilines is 1. The number of nitrogens with one attached hydrogen (secondary N) is 2. The van der Waals surface area contributed by atoms with E-state index in [9.17, 15) is 24.3 Å². The molecule has 2 unspecified atom stereocenters. The van der Waals surface area contributed by atoms with Gasteiger partial charge in [0.15, 0.2) is 5.82 Å². The first-order chi connectivity index (χ1) is 15.9. The topological polar surface area (TPSA) is 154 Å². The Bertz CT molecular complexity index is 1300. The zero-order chi connectivity index (χ0) is 23.5. The van der Waals surface area contributed by atoms with Gasteiger partial charge in [-0.15, -0.1) is 10.2 Å². The number of methoxy groups -OCH3 is 1. The zero-order valence-electron chi connectivity index (χ0n) is 17.2. The Kier molecular flexibility index (Phi) is 5.82. The van der Waals surface area contributed by atoms with Crippen LogP contribution in [-0.4, -0.2) is 44.7 Å². The first-order valence-corrected chi connectivity index (χ1v) is 9.78. The first kappa shape index (κ1) is 21.6. The summed E-state index contributed by atoms with van der Waals surface area (Å²) in [4.78, 5) is 24.9. The number of rotatable bonds is 6. The second-order valence-electron chi connectivity index (χ2n) is 7.25. The number of halogens is 1. The quantitative estimate of drug-likeness (QED) is 0.520. The molecule has 0 spiro atoms. The summed E-state index contributed by atoms with van der Waals surface area (Å²) < 4.78 is 20.0. The average molecular weight is 448 g/mol. The largest absolute Gasteiger partial charge is 0.497 e. The zero-order valence-corrected chi connectivity index (χ0v) is 17.2. The molecule has 11 heteroatoms. The molecular weight excluding hydrogens is 431 g/mol. The van der Waals surface area contributed by atoms with E-state index < -0.39 is 29.5 Å². The van der Waals surface area contributed by atoms with Crippen LogP contribution in [0.3, 0.4) is 0 Å². The Morgan fingerprint density at radius 1 is 1.24 bits per heavy atom. The molecule has 1 heterocycles. The fourth-order valence-electron chi connectivity index (χ4n) is 3.85. The van der Waals surface area contributed by atoms with Crippen LogP contribution < -0.4 is 10.1 Å². The Balaban J connectivity index is 1.65. The Morgan fingerprint density at radius 2 is 2.03 bits per heavy atom. The number of ether oxygens (including phenoxy) is 1. The van der Waals surface area contributed by atoms with E-state index in [1.807, 2.05) is 6.07 Å². The molecule has 0 fully saturated rings. The van der Waals surface area contributed by atoms with Crippen molar-refractivity contribution in [3.8, 4) is 22.9 Å². The molecule has 3 aromatic rings. The van der Waals surface area contributed by atoms with Gasteiger partial charge >= 0.3 is 5.97 Å². The molecule has 0 saturated heterocycles. The summed E-state index contributed by atoms with van der Waals surface area (Å²) in [5.41, 5.74) is 0.557. The van der Waals surface area contributed by atoms with E-state index >= 15 is 0 Å². The van der Waals surface area contributed by atoms with E-state index in [2.05, 4.69) is 25.9 Å². The Morgan fingerprint density at radius 3 is 2.67 bits per heavy atom. The molecule has 33 heavy (non-hydrogen) atoms. The van der Waals surface area contributed by atoms with Crippen molar-refractivity contribution in [2.24, 2.45) is 5.92 Å². The van der Waals surface area contributed by atoms with E-state index in [1.165, 1.54) is 19.2 Å². The highest BCUT2D eigenvalue weighted by Crippen LogP contribution is 2.42. The fraction of sp³-hybridized carbons (Fsp3) is 0.182. The molecule has 1 aromatic heterocycles. The van der Waals surface area contributed by atoms with Gasteiger partial charge in [-0.3, -0.25) is 4.79 Å². The van der Waals surface area contributed by atoms with Crippen molar-refractivity contribution in [1.82, 2.24) is 20.6 Å². The molecule has 1 aliphatic carbocycles. The van der Waals surface area contributed by atoms with E-state index in [1.54, 1.807) is 30.3 Å². The normalized spacial score (nSPS) is 17.5. The highest BCUT2D eigenvalue weighted by Gasteiger charge is 2.43. The molecule has 0 bridgehead atoms. The standard InChI is InChI=1S/C22H17FN6O4/c1-33-14-4-2-3-11(7-14)12-5-6-17(16(23)9-12)25-21(30)18-13(10-24)8-15(19(18)22(31)32)20-26-28-29-27-20/h2-7,9,13,15H,8H2,1H3,(H,25,30)(H,31,32)(H,26,27,28,29). The summed E-state index contributed by atoms with van der Waals surface area (Å²) in [6.07, 6.45) is -0.00230. The van der Waals surface area contributed by atoms with Crippen LogP contribution in [-0.2, 0) is 9.59 Å². The van der Waals surface area contributed by atoms with E-state index in [-0.39, 0.29) is 29.1 Å². The first-order valence-electron chi connectivity index (χ1n) is 9.78. The molecule has 0 aliphatic heterocycles. The number of carboxylic acid groups (broad SMARTS) is 1. The Hall–Kier alpha value is -4.59. The maximum atomic E-state index is 14.8. The predicted octanol–water partition coefficient (Wildman–Crippen LogP) is 2.66. The number of aliphatic carboxylic acids is 1. The maximum absolute atomic E-state index is 14.8. The monoisotopic (exact) mass is 448 g/mol. The number of hydrogen-bond acceptors (Lipinski definition) is 7. The number of hydrogen-bond donors (Lipinski definition) is 3. The summed E-state index contributed by atoms with van der Waals surface area (Å²) >= 11 is 0. The number of carbonyl (C=O) groups excluding carboxylic acids is 1. The molecule has 1 aliphatic rings. The second kappa shape index (κ2) is 8.88. The smallest absolute Gasteiger partial charge is 0.332 e. The molecular formula is C22H17FN6O4. The van der Waals surface area contributed by atoms with Crippen LogP contribution in [0.1, 0.15) is 18.2 Å². The number of carboxylic acids is 1. The summed E-state index contributed by atoms with van der Waals surface area (Å²) in [6, 6.07) is 13.2. The molecule has 0 saturated carbocycles. The lowest BCUT2D eigenvalue weighted by molar-refractivity contribution is -0.133. The molecule has 2 aromatic carbocycles. The van der Waals surface area contributed by atoms with E-state index in [0.717, 1.165) is 0 Å². The molecule has 166 valence electrons.